The lowest BCUT2D eigenvalue weighted by molar-refractivity contribution is -0.213. The smallest absolute Gasteiger partial charge is 0.275 e. The van der Waals surface area contributed by atoms with E-state index >= 15 is 0 Å². The Hall–Kier alpha value is -1.72. The molecule has 0 fully saturated rings. The topological polar surface area (TPSA) is 59.0 Å². The van der Waals surface area contributed by atoms with Crippen LogP contribution in [0.5, 0.6) is 0 Å². The van der Waals surface area contributed by atoms with Crippen molar-refractivity contribution >= 4 is 0 Å². The Labute approximate surface area is 179 Å². The minimum absolute atomic E-state index is 0.0991. The van der Waals surface area contributed by atoms with Gasteiger partial charge in [0.05, 0.1) is 5.82 Å². The van der Waals surface area contributed by atoms with Crippen molar-refractivity contribution in [3.8, 4) is 0 Å². The van der Waals surface area contributed by atoms with Gasteiger partial charge >= 0.3 is 0 Å². The third-order valence-corrected chi connectivity index (χ3v) is 5.59. The molecule has 5 heteroatoms. The van der Waals surface area contributed by atoms with Crippen LogP contribution in [0.1, 0.15) is 53.9 Å². The highest BCUT2D eigenvalue weighted by atomic mass is 16.5. The van der Waals surface area contributed by atoms with Crippen LogP contribution in [0.4, 0.5) is 0 Å². The molecule has 5 nitrogen and oxygen atoms in total. The highest BCUT2D eigenvalue weighted by molar-refractivity contribution is 5.20. The summed E-state index contributed by atoms with van der Waals surface area (Å²) in [4.78, 5) is 3.68. The molecule has 2 atom stereocenters. The molecule has 0 heterocycles. The first-order chi connectivity index (χ1) is 13.4. The molecule has 3 N–H and O–H groups in total. The van der Waals surface area contributed by atoms with E-state index in [4.69, 9.17) is 0 Å². The number of hydrogen-bond acceptors (Lipinski definition) is 5. The van der Waals surface area contributed by atoms with Crippen LogP contribution in [-0.2, 0) is 0 Å². The number of aliphatic hydroxyl groups is 2. The molecule has 0 saturated heterocycles. The molecule has 0 amide bonds. The Balaban J connectivity index is 4.64. The van der Waals surface area contributed by atoms with Gasteiger partial charge in [0.25, 0.3) is 5.91 Å². The summed E-state index contributed by atoms with van der Waals surface area (Å²) in [5.74, 6) is -0.264. The number of hydrogen-bond donors (Lipinski definition) is 3. The van der Waals surface area contributed by atoms with Crippen LogP contribution >= 0.6 is 0 Å². The van der Waals surface area contributed by atoms with Crippen molar-refractivity contribution < 1.29 is 10.2 Å². The lowest BCUT2D eigenvalue weighted by Crippen LogP contribution is -2.49. The molecule has 168 valence electrons. The van der Waals surface area contributed by atoms with Gasteiger partial charge in [-0.25, -0.2) is 0 Å². The molecule has 0 aliphatic rings. The van der Waals surface area contributed by atoms with E-state index in [9.17, 15) is 10.2 Å². The fourth-order valence-electron chi connectivity index (χ4n) is 3.08. The van der Waals surface area contributed by atoms with Crippen molar-refractivity contribution in [3.05, 3.63) is 49.5 Å². The van der Waals surface area contributed by atoms with Crippen molar-refractivity contribution in [1.29, 1.82) is 0 Å². The number of rotatable bonds is 16. The number of likely N-dealkylation sites (N-methyl/N-ethyl adjacent to an activating group) is 1. The zero-order chi connectivity index (χ0) is 22.8. The molecule has 0 spiro atoms. The molecule has 0 saturated carbocycles. The first-order valence-corrected chi connectivity index (χ1v) is 10.7. The van der Waals surface area contributed by atoms with Gasteiger partial charge in [0, 0.05) is 38.0 Å². The van der Waals surface area contributed by atoms with Crippen molar-refractivity contribution in [3.63, 3.8) is 0 Å². The third kappa shape index (κ3) is 9.09. The van der Waals surface area contributed by atoms with Crippen LogP contribution < -0.4 is 5.32 Å². The summed E-state index contributed by atoms with van der Waals surface area (Å²) in [7, 11) is 1.56. The molecule has 0 radical (unpaired) electrons. The van der Waals surface area contributed by atoms with Gasteiger partial charge in [-0.3, -0.25) is 0 Å². The van der Waals surface area contributed by atoms with E-state index in [1.165, 1.54) is 16.7 Å². The Morgan fingerprint density at radius 3 is 2.14 bits per heavy atom. The van der Waals surface area contributed by atoms with Crippen molar-refractivity contribution in [1.82, 2.24) is 15.1 Å². The van der Waals surface area contributed by atoms with Gasteiger partial charge < -0.3 is 25.3 Å². The van der Waals surface area contributed by atoms with Gasteiger partial charge in [-0.15, -0.1) is 0 Å². The van der Waals surface area contributed by atoms with Gasteiger partial charge in [-0.05, 0) is 37.0 Å². The number of nitrogens with zero attached hydrogens (tertiary/aromatic N) is 2. The summed E-state index contributed by atoms with van der Waals surface area (Å²) in [5, 5.41) is 23.6. The zero-order valence-corrected chi connectivity index (χ0v) is 19.7. The third-order valence-electron chi connectivity index (χ3n) is 5.59. The van der Waals surface area contributed by atoms with E-state index in [0.29, 0.717) is 30.1 Å². The predicted octanol–water partition coefficient (Wildman–Crippen LogP) is 4.29. The van der Waals surface area contributed by atoms with E-state index < -0.39 is 5.91 Å². The summed E-state index contributed by atoms with van der Waals surface area (Å²) in [6.45, 7) is 29.3. The van der Waals surface area contributed by atoms with Crippen LogP contribution in [0.2, 0.25) is 0 Å². The fraction of sp³-hybridized carbons (Fsp3) is 0.667. The molecule has 0 rings (SSSR count). The van der Waals surface area contributed by atoms with Gasteiger partial charge in [-0.1, -0.05) is 67.0 Å². The van der Waals surface area contributed by atoms with E-state index in [1.807, 2.05) is 0 Å². The highest BCUT2D eigenvalue weighted by Gasteiger charge is 2.32. The summed E-state index contributed by atoms with van der Waals surface area (Å²) in [6, 6.07) is 0. The van der Waals surface area contributed by atoms with E-state index in [-0.39, 0.29) is 5.57 Å². The van der Waals surface area contributed by atoms with E-state index in [0.717, 1.165) is 32.4 Å². The average Bonchev–Trinajstić information content (AvgIpc) is 2.66. The standard InChI is InChI=1S/C24H45N3O2/c1-11-14-27(22(8)16-18(3)4)15-13-19(5)20(6)17-25-23(9)26(10)24(28,29)21(7)12-2/h12,18-20,25,28-29H,2,7-9,11,13-17H2,1,3-6,10H3. The highest BCUT2D eigenvalue weighted by Crippen LogP contribution is 2.22. The second-order valence-electron chi connectivity index (χ2n) is 8.65. The lowest BCUT2D eigenvalue weighted by atomic mass is 9.92. The normalized spacial score (nSPS) is 13.6. The van der Waals surface area contributed by atoms with E-state index in [2.05, 4.69) is 71.2 Å². The maximum absolute atomic E-state index is 10.2. The Morgan fingerprint density at radius 1 is 1.07 bits per heavy atom. The fourth-order valence-corrected chi connectivity index (χ4v) is 3.08. The molecule has 0 aliphatic heterocycles. The first-order valence-electron chi connectivity index (χ1n) is 10.7. The van der Waals surface area contributed by atoms with E-state index in [1.54, 1.807) is 7.05 Å². The lowest BCUT2D eigenvalue weighted by Gasteiger charge is -2.36. The summed E-state index contributed by atoms with van der Waals surface area (Å²) in [5.41, 5.74) is 1.33. The Morgan fingerprint density at radius 2 is 1.66 bits per heavy atom. The summed E-state index contributed by atoms with van der Waals surface area (Å²) in [6.07, 6.45) is 4.57. The SMILES string of the molecule is C=CC(=C)C(O)(O)N(C)C(=C)NCC(C)C(C)CCN(CCC)C(=C)CC(C)C. The van der Waals surface area contributed by atoms with Crippen LogP contribution in [0.25, 0.3) is 0 Å². The minimum Gasteiger partial charge on any atom is -0.375 e. The molecule has 0 aromatic rings. The van der Waals surface area contributed by atoms with Gasteiger partial charge in [0.1, 0.15) is 0 Å². The molecule has 0 aromatic heterocycles. The van der Waals surface area contributed by atoms with Gasteiger partial charge in [0.2, 0.25) is 0 Å². The van der Waals surface area contributed by atoms with Gasteiger partial charge in [-0.2, -0.15) is 0 Å². The largest absolute Gasteiger partial charge is 0.375 e. The number of nitrogens with one attached hydrogen (secondary N) is 1. The van der Waals surface area contributed by atoms with Crippen molar-refractivity contribution in [2.45, 2.75) is 59.8 Å². The molecule has 29 heavy (non-hydrogen) atoms. The zero-order valence-electron chi connectivity index (χ0n) is 19.7. The van der Waals surface area contributed by atoms with Crippen LogP contribution in [0, 0.1) is 17.8 Å². The quantitative estimate of drug-likeness (QED) is 0.263. The molecular formula is C24H45N3O2. The predicted molar refractivity (Wildman–Crippen MR) is 125 cm³/mol. The second kappa shape index (κ2) is 12.8. The summed E-state index contributed by atoms with van der Waals surface area (Å²) < 4.78 is 0. The monoisotopic (exact) mass is 407 g/mol. The second-order valence-corrected chi connectivity index (χ2v) is 8.65. The number of allylic oxidation sites excluding steroid dienone is 1. The van der Waals surface area contributed by atoms with Crippen LogP contribution in [-0.4, -0.2) is 52.6 Å². The van der Waals surface area contributed by atoms with Crippen LogP contribution in [0.15, 0.2) is 49.5 Å². The van der Waals surface area contributed by atoms with Crippen molar-refractivity contribution in [2.24, 2.45) is 17.8 Å². The average molecular weight is 408 g/mol. The Kier molecular flexibility index (Phi) is 12.0. The maximum Gasteiger partial charge on any atom is 0.275 e. The molecule has 0 aliphatic carbocycles. The maximum atomic E-state index is 10.2. The molecule has 2 unspecified atom stereocenters. The molecular weight excluding hydrogens is 362 g/mol. The first kappa shape index (κ1) is 27.3. The van der Waals surface area contributed by atoms with Crippen molar-refractivity contribution in [2.75, 3.05) is 26.7 Å². The molecule has 0 bridgehead atoms. The van der Waals surface area contributed by atoms with Crippen LogP contribution in [0.3, 0.4) is 0 Å². The summed E-state index contributed by atoms with van der Waals surface area (Å²) >= 11 is 0. The van der Waals surface area contributed by atoms with Gasteiger partial charge in [0.15, 0.2) is 0 Å². The minimum atomic E-state index is -2.21. The molecule has 0 aromatic carbocycles. The Bertz CT molecular complexity index is 554.